The topological polar surface area (TPSA) is 73.2 Å². The van der Waals surface area contributed by atoms with Gasteiger partial charge in [-0.05, 0) is 0 Å². The Morgan fingerprint density at radius 1 is 1.53 bits per heavy atom. The molecule has 1 rings (SSSR count). The van der Waals surface area contributed by atoms with Crippen molar-refractivity contribution in [2.75, 3.05) is 32.3 Å². The predicted molar refractivity (Wildman–Crippen MR) is 65.5 cm³/mol. The maximum Gasteiger partial charge on any atom is 0.149 e. The van der Waals surface area contributed by atoms with Gasteiger partial charge in [-0.2, -0.15) is 5.10 Å². The summed E-state index contributed by atoms with van der Waals surface area (Å²) in [6.45, 7) is 2.56. The number of hydrogen-bond donors (Lipinski definition) is 1. The number of aromatic nitrogens is 2. The fourth-order valence-electron chi connectivity index (χ4n) is 1.29. The Hall–Kier alpha value is -0.920. The van der Waals surface area contributed by atoms with Gasteiger partial charge in [0.05, 0.1) is 25.1 Å². The van der Waals surface area contributed by atoms with E-state index in [-0.39, 0.29) is 5.75 Å². The number of rotatable bonds is 8. The summed E-state index contributed by atoms with van der Waals surface area (Å²) in [4.78, 5) is 0. The molecular weight excluding hydrogens is 242 g/mol. The van der Waals surface area contributed by atoms with Crippen molar-refractivity contribution in [2.45, 2.75) is 13.1 Å². The third-order valence-electron chi connectivity index (χ3n) is 2.19. The van der Waals surface area contributed by atoms with Crippen LogP contribution in [0.15, 0.2) is 12.4 Å². The molecule has 0 aromatic carbocycles. The molecule has 0 fully saturated rings. The molecule has 17 heavy (non-hydrogen) atoms. The van der Waals surface area contributed by atoms with E-state index >= 15 is 0 Å². The molecule has 0 radical (unpaired) electrons. The number of methoxy groups -OCH3 is 1. The van der Waals surface area contributed by atoms with Gasteiger partial charge in [0.2, 0.25) is 0 Å². The molecule has 1 heterocycles. The van der Waals surface area contributed by atoms with Gasteiger partial charge in [0, 0.05) is 38.2 Å². The number of sulfone groups is 1. The number of aryl methyl sites for hydroxylation is 1. The van der Waals surface area contributed by atoms with E-state index in [4.69, 9.17) is 4.74 Å². The van der Waals surface area contributed by atoms with Crippen LogP contribution in [0.25, 0.3) is 0 Å². The molecule has 0 unspecified atom stereocenters. The minimum absolute atomic E-state index is 0.116. The van der Waals surface area contributed by atoms with Crippen LogP contribution in [0.1, 0.15) is 5.56 Å². The highest BCUT2D eigenvalue weighted by atomic mass is 32.2. The van der Waals surface area contributed by atoms with Crippen molar-refractivity contribution in [3.05, 3.63) is 18.0 Å². The van der Waals surface area contributed by atoms with Crippen LogP contribution in [-0.2, 0) is 27.7 Å². The molecule has 7 heteroatoms. The van der Waals surface area contributed by atoms with Crippen molar-refractivity contribution < 1.29 is 13.2 Å². The highest BCUT2D eigenvalue weighted by molar-refractivity contribution is 7.90. The summed E-state index contributed by atoms with van der Waals surface area (Å²) in [6, 6.07) is 0. The first-order valence-electron chi connectivity index (χ1n) is 5.40. The van der Waals surface area contributed by atoms with Crippen LogP contribution in [0.2, 0.25) is 0 Å². The highest BCUT2D eigenvalue weighted by Crippen LogP contribution is 1.98. The zero-order valence-electron chi connectivity index (χ0n) is 10.2. The molecule has 0 saturated heterocycles. The molecule has 98 valence electrons. The zero-order chi connectivity index (χ0) is 12.7. The standard InChI is InChI=1S/C10H19N3O3S/c1-16-5-3-11-7-10-8-12-13(9-10)4-6-17(2,14)15/h8-9,11H,3-7H2,1-2H3. The van der Waals surface area contributed by atoms with Crippen molar-refractivity contribution in [1.29, 1.82) is 0 Å². The molecule has 6 nitrogen and oxygen atoms in total. The first-order valence-corrected chi connectivity index (χ1v) is 7.46. The maximum absolute atomic E-state index is 11.0. The lowest BCUT2D eigenvalue weighted by molar-refractivity contribution is 0.199. The highest BCUT2D eigenvalue weighted by Gasteiger charge is 2.04. The molecule has 0 atom stereocenters. The molecule has 0 aliphatic carbocycles. The largest absolute Gasteiger partial charge is 0.383 e. The summed E-state index contributed by atoms with van der Waals surface area (Å²) in [5.74, 6) is 0.116. The van der Waals surface area contributed by atoms with Crippen molar-refractivity contribution in [3.63, 3.8) is 0 Å². The Balaban J connectivity index is 2.32. The normalized spacial score (nSPS) is 11.9. The quantitative estimate of drug-likeness (QED) is 0.648. The van der Waals surface area contributed by atoms with Gasteiger partial charge in [-0.1, -0.05) is 0 Å². The summed E-state index contributed by atoms with van der Waals surface area (Å²) in [6.07, 6.45) is 4.82. The van der Waals surface area contributed by atoms with Gasteiger partial charge in [-0.25, -0.2) is 8.42 Å². The molecular formula is C10H19N3O3S. The second-order valence-electron chi connectivity index (χ2n) is 3.91. The van der Waals surface area contributed by atoms with Gasteiger partial charge in [0.25, 0.3) is 0 Å². The van der Waals surface area contributed by atoms with Crippen LogP contribution in [0.4, 0.5) is 0 Å². The van der Waals surface area contributed by atoms with E-state index in [0.29, 0.717) is 19.7 Å². The maximum atomic E-state index is 11.0. The SMILES string of the molecule is COCCNCc1cnn(CCS(C)(=O)=O)c1. The lowest BCUT2D eigenvalue weighted by Gasteiger charge is -2.01. The van der Waals surface area contributed by atoms with Gasteiger partial charge in [-0.15, -0.1) is 0 Å². The first-order chi connectivity index (χ1) is 8.01. The van der Waals surface area contributed by atoms with Crippen molar-refractivity contribution in [1.82, 2.24) is 15.1 Å². The second-order valence-corrected chi connectivity index (χ2v) is 6.17. The number of ether oxygens (including phenoxy) is 1. The van der Waals surface area contributed by atoms with E-state index < -0.39 is 9.84 Å². The minimum Gasteiger partial charge on any atom is -0.383 e. The van der Waals surface area contributed by atoms with Crippen LogP contribution >= 0.6 is 0 Å². The van der Waals surface area contributed by atoms with Crippen LogP contribution in [0.5, 0.6) is 0 Å². The summed E-state index contributed by atoms with van der Waals surface area (Å²) in [7, 11) is -1.27. The number of nitrogens with zero attached hydrogens (tertiary/aromatic N) is 2. The molecule has 0 saturated carbocycles. The smallest absolute Gasteiger partial charge is 0.149 e. The average molecular weight is 261 g/mol. The van der Waals surface area contributed by atoms with Gasteiger partial charge in [0.15, 0.2) is 0 Å². The molecule has 0 spiro atoms. The van der Waals surface area contributed by atoms with E-state index in [0.717, 1.165) is 12.1 Å². The molecule has 1 N–H and O–H groups in total. The monoisotopic (exact) mass is 261 g/mol. The van der Waals surface area contributed by atoms with Crippen LogP contribution in [-0.4, -0.2) is 50.5 Å². The number of hydrogen-bond acceptors (Lipinski definition) is 5. The molecule has 1 aromatic heterocycles. The van der Waals surface area contributed by atoms with Crippen LogP contribution in [0, 0.1) is 0 Å². The fraction of sp³-hybridized carbons (Fsp3) is 0.700. The summed E-state index contributed by atoms with van der Waals surface area (Å²) in [5.41, 5.74) is 1.04. The Kier molecular flexibility index (Phi) is 5.60. The second kappa shape index (κ2) is 6.73. The lowest BCUT2D eigenvalue weighted by Crippen LogP contribution is -2.18. The molecule has 0 amide bonds. The Morgan fingerprint density at radius 2 is 2.29 bits per heavy atom. The molecule has 0 bridgehead atoms. The van der Waals surface area contributed by atoms with Crippen molar-refractivity contribution in [3.8, 4) is 0 Å². The Labute approximate surface area is 102 Å². The number of nitrogens with one attached hydrogen (secondary N) is 1. The molecule has 0 aliphatic heterocycles. The first kappa shape index (κ1) is 14.1. The van der Waals surface area contributed by atoms with Crippen LogP contribution in [0.3, 0.4) is 0 Å². The molecule has 0 aliphatic rings. The van der Waals surface area contributed by atoms with E-state index in [9.17, 15) is 8.42 Å². The molecule has 1 aromatic rings. The van der Waals surface area contributed by atoms with Crippen molar-refractivity contribution >= 4 is 9.84 Å². The lowest BCUT2D eigenvalue weighted by atomic mass is 10.3. The van der Waals surface area contributed by atoms with E-state index in [1.165, 1.54) is 6.26 Å². The van der Waals surface area contributed by atoms with Gasteiger partial charge >= 0.3 is 0 Å². The van der Waals surface area contributed by atoms with E-state index in [2.05, 4.69) is 10.4 Å². The average Bonchev–Trinajstić information content (AvgIpc) is 2.69. The van der Waals surface area contributed by atoms with Gasteiger partial charge < -0.3 is 10.1 Å². The fourth-order valence-corrected chi connectivity index (χ4v) is 1.80. The van der Waals surface area contributed by atoms with Crippen molar-refractivity contribution in [2.24, 2.45) is 0 Å². The van der Waals surface area contributed by atoms with E-state index in [1.54, 1.807) is 18.0 Å². The summed E-state index contributed by atoms with van der Waals surface area (Å²) in [5, 5.41) is 7.29. The third-order valence-corrected chi connectivity index (χ3v) is 3.11. The third kappa shape index (κ3) is 6.40. The predicted octanol–water partition coefficient (Wildman–Crippen LogP) is -0.336. The summed E-state index contributed by atoms with van der Waals surface area (Å²) < 4.78 is 28.5. The summed E-state index contributed by atoms with van der Waals surface area (Å²) >= 11 is 0. The van der Waals surface area contributed by atoms with E-state index in [1.807, 2.05) is 6.20 Å². The minimum atomic E-state index is -2.93. The van der Waals surface area contributed by atoms with Gasteiger partial charge in [0.1, 0.15) is 9.84 Å². The Morgan fingerprint density at radius 3 is 2.94 bits per heavy atom. The zero-order valence-corrected chi connectivity index (χ0v) is 11.0. The van der Waals surface area contributed by atoms with Crippen LogP contribution < -0.4 is 5.32 Å². The van der Waals surface area contributed by atoms with Gasteiger partial charge in [-0.3, -0.25) is 4.68 Å². The Bertz CT molecular complexity index is 428.